The number of benzene rings is 1. The third kappa shape index (κ3) is 6.41. The highest BCUT2D eigenvalue weighted by atomic mass is 32.2. The number of carbonyl (C=O) groups is 1. The van der Waals surface area contributed by atoms with Crippen LogP contribution in [0.25, 0.3) is 0 Å². The normalized spacial score (nSPS) is 20.4. The van der Waals surface area contributed by atoms with E-state index in [9.17, 15) is 13.2 Å². The molecule has 2 fully saturated rings. The molecule has 0 radical (unpaired) electrons. The second-order valence-corrected chi connectivity index (χ2v) is 9.34. The molecule has 166 valence electrons. The summed E-state index contributed by atoms with van der Waals surface area (Å²) in [4.78, 5) is 20.6. The molecule has 10 heteroatoms. The van der Waals surface area contributed by atoms with Crippen molar-refractivity contribution in [2.24, 2.45) is 4.99 Å². The summed E-state index contributed by atoms with van der Waals surface area (Å²) < 4.78 is 32.6. The molecule has 2 aliphatic heterocycles. The molecule has 9 nitrogen and oxygen atoms in total. The Hall–Kier alpha value is -2.17. The minimum atomic E-state index is -3.40. The highest BCUT2D eigenvalue weighted by molar-refractivity contribution is 7.89. The zero-order valence-corrected chi connectivity index (χ0v) is 18.2. The Balaban J connectivity index is 1.40. The van der Waals surface area contributed by atoms with Gasteiger partial charge in [-0.3, -0.25) is 9.79 Å². The molecule has 3 rings (SSSR count). The summed E-state index contributed by atoms with van der Waals surface area (Å²) in [5.41, 5.74) is 0.917. The fraction of sp³-hybridized carbons (Fsp3) is 0.600. The lowest BCUT2D eigenvalue weighted by Crippen LogP contribution is -2.55. The molecule has 30 heavy (non-hydrogen) atoms. The first-order chi connectivity index (χ1) is 14.5. The third-order valence-corrected chi connectivity index (χ3v) is 6.63. The number of nitrogens with zero attached hydrogens (tertiary/aromatic N) is 3. The second-order valence-electron chi connectivity index (χ2n) is 7.41. The number of ether oxygens (including phenoxy) is 1. The van der Waals surface area contributed by atoms with Gasteiger partial charge in [-0.05, 0) is 18.4 Å². The molecular weight excluding hydrogens is 406 g/mol. The number of nitrogens with one attached hydrogen (secondary N) is 2. The van der Waals surface area contributed by atoms with Gasteiger partial charge in [-0.15, -0.1) is 0 Å². The molecule has 2 N–H and O–H groups in total. The summed E-state index contributed by atoms with van der Waals surface area (Å²) in [6.45, 7) is 3.71. The maximum absolute atomic E-state index is 12.5. The first-order valence-corrected chi connectivity index (χ1v) is 12.0. The fourth-order valence-electron chi connectivity index (χ4n) is 3.61. The largest absolute Gasteiger partial charge is 0.368 e. The predicted molar refractivity (Wildman–Crippen MR) is 116 cm³/mol. The number of piperazine rings is 1. The van der Waals surface area contributed by atoms with Crippen molar-refractivity contribution in [3.8, 4) is 0 Å². The lowest BCUT2D eigenvalue weighted by molar-refractivity contribution is -0.142. The van der Waals surface area contributed by atoms with Crippen LogP contribution in [0.1, 0.15) is 18.4 Å². The van der Waals surface area contributed by atoms with Crippen molar-refractivity contribution in [2.75, 3.05) is 52.1 Å². The van der Waals surface area contributed by atoms with Crippen molar-refractivity contribution < 1.29 is 17.9 Å². The number of hydrogen-bond acceptors (Lipinski definition) is 5. The van der Waals surface area contributed by atoms with Crippen LogP contribution in [0, 0.1) is 0 Å². The lowest BCUT2D eigenvalue weighted by Gasteiger charge is -2.37. The van der Waals surface area contributed by atoms with Gasteiger partial charge in [0.2, 0.25) is 10.0 Å². The Bertz CT molecular complexity index is 817. The molecule has 2 heterocycles. The molecule has 1 unspecified atom stereocenters. The highest BCUT2D eigenvalue weighted by Crippen LogP contribution is 2.16. The summed E-state index contributed by atoms with van der Waals surface area (Å²) in [7, 11) is -1.72. The van der Waals surface area contributed by atoms with Gasteiger partial charge in [0.05, 0.1) is 5.75 Å². The molecule has 1 amide bonds. The summed E-state index contributed by atoms with van der Waals surface area (Å²) in [5, 5.41) is 3.12. The summed E-state index contributed by atoms with van der Waals surface area (Å²) in [6.07, 6.45) is 1.45. The molecule has 1 atom stereocenters. The Morgan fingerprint density at radius 1 is 1.17 bits per heavy atom. The Morgan fingerprint density at radius 2 is 1.87 bits per heavy atom. The van der Waals surface area contributed by atoms with Crippen LogP contribution in [0.5, 0.6) is 0 Å². The first-order valence-electron chi connectivity index (χ1n) is 10.4. The van der Waals surface area contributed by atoms with Crippen LogP contribution in [0.2, 0.25) is 0 Å². The molecule has 1 aromatic rings. The van der Waals surface area contributed by atoms with Gasteiger partial charge in [0, 0.05) is 52.9 Å². The van der Waals surface area contributed by atoms with Crippen LogP contribution >= 0.6 is 0 Å². The van der Waals surface area contributed by atoms with Crippen molar-refractivity contribution >= 4 is 21.9 Å². The highest BCUT2D eigenvalue weighted by Gasteiger charge is 2.30. The van der Waals surface area contributed by atoms with Gasteiger partial charge < -0.3 is 19.9 Å². The van der Waals surface area contributed by atoms with E-state index in [0.717, 1.165) is 18.4 Å². The molecular formula is C20H31N5O4S. The predicted octanol–water partition coefficient (Wildman–Crippen LogP) is 0.00460. The fourth-order valence-corrected chi connectivity index (χ4v) is 4.51. The van der Waals surface area contributed by atoms with Gasteiger partial charge in [-0.2, -0.15) is 0 Å². The van der Waals surface area contributed by atoms with E-state index in [0.29, 0.717) is 38.7 Å². The number of carbonyl (C=O) groups excluding carboxylic acids is 1. The van der Waals surface area contributed by atoms with E-state index in [2.05, 4.69) is 15.0 Å². The monoisotopic (exact) mass is 437 g/mol. The average Bonchev–Trinajstić information content (AvgIpc) is 3.31. The molecule has 1 aromatic carbocycles. The summed E-state index contributed by atoms with van der Waals surface area (Å²) in [6, 6.07) is 9.41. The topological polar surface area (TPSA) is 103 Å². The van der Waals surface area contributed by atoms with Gasteiger partial charge in [-0.1, -0.05) is 30.3 Å². The van der Waals surface area contributed by atoms with E-state index >= 15 is 0 Å². The second kappa shape index (κ2) is 10.7. The van der Waals surface area contributed by atoms with Crippen LogP contribution in [0.15, 0.2) is 35.3 Å². The minimum absolute atomic E-state index is 0.0453. The number of rotatable bonds is 7. The molecule has 0 saturated carbocycles. The third-order valence-electron chi connectivity index (χ3n) is 5.30. The van der Waals surface area contributed by atoms with E-state index < -0.39 is 10.0 Å². The van der Waals surface area contributed by atoms with E-state index in [-0.39, 0.29) is 30.9 Å². The molecule has 2 saturated heterocycles. The maximum atomic E-state index is 12.5. The molecule has 0 spiro atoms. The number of sulfonamides is 1. The van der Waals surface area contributed by atoms with Crippen LogP contribution in [0.3, 0.4) is 0 Å². The van der Waals surface area contributed by atoms with E-state index in [1.165, 1.54) is 0 Å². The quantitative estimate of drug-likeness (QED) is 0.460. The van der Waals surface area contributed by atoms with Crippen molar-refractivity contribution in [3.05, 3.63) is 35.9 Å². The summed E-state index contributed by atoms with van der Waals surface area (Å²) in [5.74, 6) is 0.680. The SMILES string of the molecule is CN=C(NCCS(=O)(=O)NCc1ccccc1)N1CCN(C(=O)C2CCCO2)CC1. The van der Waals surface area contributed by atoms with Crippen LogP contribution in [0.4, 0.5) is 0 Å². The Morgan fingerprint density at radius 3 is 2.50 bits per heavy atom. The van der Waals surface area contributed by atoms with E-state index in [1.54, 1.807) is 7.05 Å². The Labute approximate surface area is 178 Å². The zero-order chi connectivity index (χ0) is 21.4. The van der Waals surface area contributed by atoms with Crippen LogP contribution in [-0.4, -0.2) is 88.3 Å². The lowest BCUT2D eigenvalue weighted by atomic mass is 10.2. The van der Waals surface area contributed by atoms with Gasteiger partial charge >= 0.3 is 0 Å². The molecule has 0 aromatic heterocycles. The number of aliphatic imine (C=N–C) groups is 1. The molecule has 0 aliphatic carbocycles. The van der Waals surface area contributed by atoms with Gasteiger partial charge in [0.15, 0.2) is 5.96 Å². The van der Waals surface area contributed by atoms with E-state index in [1.807, 2.05) is 40.1 Å². The van der Waals surface area contributed by atoms with Crippen molar-refractivity contribution in [3.63, 3.8) is 0 Å². The minimum Gasteiger partial charge on any atom is -0.368 e. The smallest absolute Gasteiger partial charge is 0.251 e. The van der Waals surface area contributed by atoms with E-state index in [4.69, 9.17) is 4.74 Å². The van der Waals surface area contributed by atoms with Gasteiger partial charge in [0.25, 0.3) is 5.91 Å². The van der Waals surface area contributed by atoms with Crippen molar-refractivity contribution in [1.29, 1.82) is 0 Å². The molecule has 0 bridgehead atoms. The van der Waals surface area contributed by atoms with Gasteiger partial charge in [-0.25, -0.2) is 13.1 Å². The molecule has 2 aliphatic rings. The average molecular weight is 438 g/mol. The Kier molecular flexibility index (Phi) is 8.06. The van der Waals surface area contributed by atoms with Gasteiger partial charge in [0.1, 0.15) is 6.10 Å². The maximum Gasteiger partial charge on any atom is 0.251 e. The standard InChI is InChI=1S/C20H31N5O4S/c1-21-20(22-9-15-30(27,28)23-16-17-6-3-2-4-7-17)25-12-10-24(11-13-25)19(26)18-8-5-14-29-18/h2-4,6-7,18,23H,5,8-16H2,1H3,(H,21,22). The number of amides is 1. The first kappa shape index (κ1) is 22.5. The number of guanidine groups is 1. The van der Waals surface area contributed by atoms with Crippen molar-refractivity contribution in [2.45, 2.75) is 25.5 Å². The summed E-state index contributed by atoms with van der Waals surface area (Å²) >= 11 is 0. The van der Waals surface area contributed by atoms with Crippen LogP contribution < -0.4 is 10.0 Å². The number of hydrogen-bond donors (Lipinski definition) is 2. The zero-order valence-electron chi connectivity index (χ0n) is 17.4. The van der Waals surface area contributed by atoms with Crippen molar-refractivity contribution in [1.82, 2.24) is 19.8 Å². The van der Waals surface area contributed by atoms with Crippen LogP contribution in [-0.2, 0) is 26.1 Å².